The maximum Gasteiger partial charge on any atom is 0.355 e. The molecule has 1 heterocycles. The normalized spacial score (nSPS) is 14.4. The Hall–Kier alpha value is -2.16. The van der Waals surface area contributed by atoms with Gasteiger partial charge in [0.1, 0.15) is 17.4 Å². The van der Waals surface area contributed by atoms with Crippen LogP contribution >= 0.6 is 23.8 Å². The molecule has 2 rings (SSSR count). The number of anilines is 1. The van der Waals surface area contributed by atoms with E-state index >= 15 is 0 Å². The number of halogens is 1. The molecule has 1 aromatic rings. The molecular weight excluding hydrogens is 356 g/mol. The molecule has 128 valence electrons. The van der Waals surface area contributed by atoms with Crippen molar-refractivity contribution in [2.24, 2.45) is 5.73 Å². The smallest absolute Gasteiger partial charge is 0.355 e. The van der Waals surface area contributed by atoms with Gasteiger partial charge in [0.05, 0.1) is 32.1 Å². The van der Waals surface area contributed by atoms with Crippen LogP contribution in [-0.4, -0.2) is 44.5 Å². The minimum atomic E-state index is -0.715. The van der Waals surface area contributed by atoms with Gasteiger partial charge in [0.15, 0.2) is 0 Å². The van der Waals surface area contributed by atoms with Gasteiger partial charge in [0.25, 0.3) is 0 Å². The molecule has 1 aliphatic heterocycles. The second-order valence-corrected chi connectivity index (χ2v) is 5.62. The van der Waals surface area contributed by atoms with E-state index in [1.807, 2.05) is 0 Å². The zero-order valence-electron chi connectivity index (χ0n) is 13.0. The third-order valence-electron chi connectivity index (χ3n) is 3.35. The van der Waals surface area contributed by atoms with Crippen molar-refractivity contribution in [2.75, 3.05) is 32.5 Å². The van der Waals surface area contributed by atoms with E-state index in [4.69, 9.17) is 43.8 Å². The second kappa shape index (κ2) is 7.61. The number of ether oxygens (including phenoxy) is 3. The van der Waals surface area contributed by atoms with E-state index in [1.165, 1.54) is 19.1 Å². The molecule has 0 saturated heterocycles. The van der Waals surface area contributed by atoms with E-state index in [2.05, 4.69) is 0 Å². The minimum absolute atomic E-state index is 0.00429. The Bertz CT molecular complexity index is 735. The summed E-state index contributed by atoms with van der Waals surface area (Å²) >= 11 is 11.1. The van der Waals surface area contributed by atoms with Crippen LogP contribution in [-0.2, 0) is 23.8 Å². The molecule has 0 aliphatic carbocycles. The van der Waals surface area contributed by atoms with Crippen molar-refractivity contribution in [3.63, 3.8) is 0 Å². The van der Waals surface area contributed by atoms with Crippen LogP contribution in [0.25, 0.3) is 0 Å². The summed E-state index contributed by atoms with van der Waals surface area (Å²) in [6, 6.07) is 4.82. The van der Waals surface area contributed by atoms with Gasteiger partial charge in [-0.3, -0.25) is 0 Å². The van der Waals surface area contributed by atoms with Crippen LogP contribution in [0.4, 0.5) is 5.69 Å². The number of esters is 2. The molecule has 0 aromatic heterocycles. The zero-order valence-corrected chi connectivity index (χ0v) is 14.6. The molecule has 7 nitrogen and oxygen atoms in total. The highest BCUT2D eigenvalue weighted by molar-refractivity contribution is 7.80. The number of rotatable bonds is 4. The van der Waals surface area contributed by atoms with Crippen LogP contribution in [0.3, 0.4) is 0 Å². The molecule has 9 heteroatoms. The van der Waals surface area contributed by atoms with Gasteiger partial charge < -0.3 is 24.8 Å². The van der Waals surface area contributed by atoms with Crippen LogP contribution in [0.5, 0.6) is 0 Å². The summed E-state index contributed by atoms with van der Waals surface area (Å²) in [6.07, 6.45) is 0. The number of thiocarbonyl (C=S) groups is 1. The third-order valence-corrected chi connectivity index (χ3v) is 3.80. The van der Waals surface area contributed by atoms with E-state index in [0.29, 0.717) is 16.3 Å². The van der Waals surface area contributed by atoms with Crippen LogP contribution in [0.2, 0.25) is 5.02 Å². The monoisotopic (exact) mass is 370 g/mol. The first-order chi connectivity index (χ1) is 11.4. The van der Waals surface area contributed by atoms with Gasteiger partial charge in [-0.25, -0.2) is 9.59 Å². The first-order valence-electron chi connectivity index (χ1n) is 6.75. The molecular formula is C15H15ClN2O5S. The summed E-state index contributed by atoms with van der Waals surface area (Å²) < 4.78 is 14.9. The van der Waals surface area contributed by atoms with Gasteiger partial charge in [0.2, 0.25) is 0 Å². The molecule has 0 atom stereocenters. The Morgan fingerprint density at radius 3 is 2.54 bits per heavy atom. The number of nitrogens with two attached hydrogens (primary N) is 1. The fourth-order valence-electron chi connectivity index (χ4n) is 2.27. The van der Waals surface area contributed by atoms with Gasteiger partial charge in [-0.1, -0.05) is 23.8 Å². The lowest BCUT2D eigenvalue weighted by molar-refractivity contribution is -0.140. The van der Waals surface area contributed by atoms with Crippen LogP contribution < -0.4 is 10.6 Å². The maximum atomic E-state index is 12.3. The Balaban J connectivity index is 2.68. The molecule has 0 spiro atoms. The molecule has 0 saturated carbocycles. The van der Waals surface area contributed by atoms with Crippen molar-refractivity contribution in [2.45, 2.75) is 0 Å². The molecule has 24 heavy (non-hydrogen) atoms. The Morgan fingerprint density at radius 2 is 1.96 bits per heavy atom. The summed E-state index contributed by atoms with van der Waals surface area (Å²) in [5, 5.41) is 0.402. The van der Waals surface area contributed by atoms with Gasteiger partial charge in [-0.05, 0) is 18.2 Å². The van der Waals surface area contributed by atoms with Gasteiger partial charge in [0, 0.05) is 10.6 Å². The van der Waals surface area contributed by atoms with E-state index in [9.17, 15) is 9.59 Å². The Morgan fingerprint density at radius 1 is 1.29 bits per heavy atom. The Kier molecular flexibility index (Phi) is 5.76. The largest absolute Gasteiger partial charge is 0.466 e. The highest BCUT2D eigenvalue weighted by Crippen LogP contribution is 2.31. The SMILES string of the molecule is COC(=O)C1=C(C(=O)OC)N(c2cc(Cl)ccc2C(N)=S)COC1. The molecule has 1 aliphatic rings. The lowest BCUT2D eigenvalue weighted by Crippen LogP contribution is -2.39. The number of nitrogens with zero attached hydrogens (tertiary/aromatic N) is 1. The lowest BCUT2D eigenvalue weighted by atomic mass is 10.1. The first-order valence-corrected chi connectivity index (χ1v) is 7.53. The molecule has 0 amide bonds. The lowest BCUT2D eigenvalue weighted by Gasteiger charge is -2.32. The van der Waals surface area contributed by atoms with E-state index < -0.39 is 11.9 Å². The quantitative estimate of drug-likeness (QED) is 0.627. The van der Waals surface area contributed by atoms with Crippen LogP contribution in [0, 0.1) is 0 Å². The van der Waals surface area contributed by atoms with Crippen molar-refractivity contribution < 1.29 is 23.8 Å². The summed E-state index contributed by atoms with van der Waals surface area (Å²) in [7, 11) is 2.42. The molecule has 0 radical (unpaired) electrons. The van der Waals surface area contributed by atoms with Gasteiger partial charge >= 0.3 is 11.9 Å². The van der Waals surface area contributed by atoms with E-state index in [0.717, 1.165) is 0 Å². The standard InChI is InChI=1S/C15H15ClN2O5S/c1-21-14(19)10-6-23-7-18(12(10)15(20)22-2)11-5-8(16)3-4-9(11)13(17)24/h3-5H,6-7H2,1-2H3,(H2,17,24). The van der Waals surface area contributed by atoms with Crippen molar-refractivity contribution in [1.29, 1.82) is 0 Å². The average molecular weight is 371 g/mol. The second-order valence-electron chi connectivity index (χ2n) is 4.74. The van der Waals surface area contributed by atoms with E-state index in [1.54, 1.807) is 18.2 Å². The average Bonchev–Trinajstić information content (AvgIpc) is 2.59. The van der Waals surface area contributed by atoms with E-state index in [-0.39, 0.29) is 29.6 Å². The van der Waals surface area contributed by atoms with Crippen LogP contribution in [0.15, 0.2) is 29.5 Å². The number of hydrogen-bond acceptors (Lipinski definition) is 7. The predicted octanol–water partition coefficient (Wildman–Crippen LogP) is 1.37. The van der Waals surface area contributed by atoms with Gasteiger partial charge in [-0.15, -0.1) is 0 Å². The third kappa shape index (κ3) is 3.50. The topological polar surface area (TPSA) is 91.1 Å². The number of carbonyl (C=O) groups is 2. The number of benzene rings is 1. The molecule has 1 aromatic carbocycles. The molecule has 0 bridgehead atoms. The molecule has 0 fully saturated rings. The molecule has 0 unspecified atom stereocenters. The van der Waals surface area contributed by atoms with Crippen molar-refractivity contribution in [3.05, 3.63) is 40.1 Å². The zero-order chi connectivity index (χ0) is 17.9. The molecule has 2 N–H and O–H groups in total. The maximum absolute atomic E-state index is 12.3. The van der Waals surface area contributed by atoms with Crippen molar-refractivity contribution in [3.8, 4) is 0 Å². The minimum Gasteiger partial charge on any atom is -0.466 e. The summed E-state index contributed by atoms with van der Waals surface area (Å²) in [6.45, 7) is -0.0997. The number of carbonyl (C=O) groups excluding carboxylic acids is 2. The summed E-state index contributed by atoms with van der Waals surface area (Å²) in [5.74, 6) is -1.41. The van der Waals surface area contributed by atoms with Crippen LogP contribution in [0.1, 0.15) is 5.56 Å². The highest BCUT2D eigenvalue weighted by Gasteiger charge is 2.33. The summed E-state index contributed by atoms with van der Waals surface area (Å²) in [5.41, 5.74) is 6.68. The highest BCUT2D eigenvalue weighted by atomic mass is 35.5. The first kappa shape index (κ1) is 18.2. The van der Waals surface area contributed by atoms with Crippen molar-refractivity contribution in [1.82, 2.24) is 0 Å². The fraction of sp³-hybridized carbons (Fsp3) is 0.267. The van der Waals surface area contributed by atoms with Gasteiger partial charge in [-0.2, -0.15) is 0 Å². The number of hydrogen-bond donors (Lipinski definition) is 1. The Labute approximate surface area is 148 Å². The fourth-order valence-corrected chi connectivity index (χ4v) is 2.61. The summed E-state index contributed by atoms with van der Waals surface area (Å²) in [4.78, 5) is 25.8. The van der Waals surface area contributed by atoms with Crippen molar-refractivity contribution >= 4 is 46.4 Å². The predicted molar refractivity (Wildman–Crippen MR) is 91.7 cm³/mol. The number of methoxy groups -OCH3 is 2.